The van der Waals surface area contributed by atoms with E-state index in [1.807, 2.05) is 0 Å². The van der Waals surface area contributed by atoms with Crippen molar-refractivity contribution >= 4 is 28.7 Å². The molecular formula is C14H14N8O2. The van der Waals surface area contributed by atoms with Gasteiger partial charge in [0.05, 0.1) is 19.5 Å². The highest BCUT2D eigenvalue weighted by Gasteiger charge is 2.16. The minimum atomic E-state index is -0.398. The molecule has 0 atom stereocenters. The molecule has 10 heteroatoms. The SMILES string of the molecule is O=C(Nc1ncnc2nc[nH]c12)c1ccc(N2CCOCC2)nn1. The van der Waals surface area contributed by atoms with Gasteiger partial charge in [0.15, 0.2) is 23.0 Å². The predicted molar refractivity (Wildman–Crippen MR) is 84.7 cm³/mol. The highest BCUT2D eigenvalue weighted by molar-refractivity contribution is 6.05. The maximum absolute atomic E-state index is 12.3. The van der Waals surface area contributed by atoms with Gasteiger partial charge in [-0.05, 0) is 12.1 Å². The Kier molecular flexibility index (Phi) is 3.71. The number of aromatic nitrogens is 6. The second kappa shape index (κ2) is 6.16. The molecule has 2 N–H and O–H groups in total. The van der Waals surface area contributed by atoms with E-state index in [2.05, 4.69) is 40.3 Å². The van der Waals surface area contributed by atoms with E-state index in [1.165, 1.54) is 12.7 Å². The molecule has 1 aliphatic heterocycles. The van der Waals surface area contributed by atoms with E-state index >= 15 is 0 Å². The highest BCUT2D eigenvalue weighted by Crippen LogP contribution is 2.16. The van der Waals surface area contributed by atoms with Crippen molar-refractivity contribution < 1.29 is 9.53 Å². The molecule has 0 unspecified atom stereocenters. The van der Waals surface area contributed by atoms with Gasteiger partial charge in [-0.15, -0.1) is 10.2 Å². The van der Waals surface area contributed by atoms with Gasteiger partial charge in [0.25, 0.3) is 5.91 Å². The fourth-order valence-corrected chi connectivity index (χ4v) is 2.44. The third-order valence-corrected chi connectivity index (χ3v) is 3.67. The minimum absolute atomic E-state index is 0.207. The third-order valence-electron chi connectivity index (χ3n) is 3.67. The number of ether oxygens (including phenoxy) is 1. The van der Waals surface area contributed by atoms with Crippen molar-refractivity contribution in [3.63, 3.8) is 0 Å². The van der Waals surface area contributed by atoms with Crippen LogP contribution in [0.3, 0.4) is 0 Å². The quantitative estimate of drug-likeness (QED) is 0.701. The fourth-order valence-electron chi connectivity index (χ4n) is 2.44. The average Bonchev–Trinajstić information content (AvgIpc) is 3.12. The Hall–Kier alpha value is -3.14. The van der Waals surface area contributed by atoms with Crippen molar-refractivity contribution in [3.05, 3.63) is 30.5 Å². The van der Waals surface area contributed by atoms with Crippen LogP contribution in [0.2, 0.25) is 0 Å². The molecule has 0 radical (unpaired) electrons. The van der Waals surface area contributed by atoms with E-state index in [-0.39, 0.29) is 5.69 Å². The zero-order valence-electron chi connectivity index (χ0n) is 12.6. The zero-order valence-corrected chi connectivity index (χ0v) is 12.6. The van der Waals surface area contributed by atoms with E-state index < -0.39 is 5.91 Å². The smallest absolute Gasteiger partial charge is 0.277 e. The number of carbonyl (C=O) groups excluding carboxylic acids is 1. The molecule has 1 fully saturated rings. The maximum Gasteiger partial charge on any atom is 0.277 e. The first-order valence-electron chi connectivity index (χ1n) is 7.43. The largest absolute Gasteiger partial charge is 0.378 e. The number of imidazole rings is 1. The van der Waals surface area contributed by atoms with Crippen LogP contribution in [0.4, 0.5) is 11.6 Å². The molecule has 122 valence electrons. The number of morpholine rings is 1. The van der Waals surface area contributed by atoms with Gasteiger partial charge in [0, 0.05) is 13.1 Å². The van der Waals surface area contributed by atoms with Gasteiger partial charge >= 0.3 is 0 Å². The second-order valence-corrected chi connectivity index (χ2v) is 5.15. The standard InChI is InChI=1S/C14H14N8O2/c23-14(19-13-11-12(16-7-15-11)17-8-18-13)9-1-2-10(21-20-9)22-3-5-24-6-4-22/h1-2,7-8H,3-6H2,(H2,15,16,17,18,19,23). The summed E-state index contributed by atoms with van der Waals surface area (Å²) in [6, 6.07) is 3.41. The topological polar surface area (TPSA) is 122 Å². The normalized spacial score (nSPS) is 14.8. The number of anilines is 2. The molecule has 0 spiro atoms. The van der Waals surface area contributed by atoms with E-state index in [0.717, 1.165) is 18.9 Å². The first-order chi connectivity index (χ1) is 11.8. The molecule has 10 nitrogen and oxygen atoms in total. The van der Waals surface area contributed by atoms with Crippen molar-refractivity contribution in [1.29, 1.82) is 0 Å². The Morgan fingerprint density at radius 2 is 2.04 bits per heavy atom. The van der Waals surface area contributed by atoms with Gasteiger partial charge in [-0.2, -0.15) is 0 Å². The summed E-state index contributed by atoms with van der Waals surface area (Å²) in [7, 11) is 0. The number of carbonyl (C=O) groups is 1. The van der Waals surface area contributed by atoms with Gasteiger partial charge in [-0.3, -0.25) is 4.79 Å². The molecule has 3 aromatic rings. The fraction of sp³-hybridized carbons (Fsp3) is 0.286. The van der Waals surface area contributed by atoms with Crippen LogP contribution in [0.1, 0.15) is 10.5 Å². The Bertz CT molecular complexity index is 857. The van der Waals surface area contributed by atoms with Gasteiger partial charge < -0.3 is 19.9 Å². The molecule has 0 aliphatic carbocycles. The summed E-state index contributed by atoms with van der Waals surface area (Å²) in [5, 5.41) is 10.8. The van der Waals surface area contributed by atoms with Gasteiger partial charge in [-0.25, -0.2) is 15.0 Å². The molecule has 24 heavy (non-hydrogen) atoms. The monoisotopic (exact) mass is 326 g/mol. The average molecular weight is 326 g/mol. The number of aromatic amines is 1. The van der Waals surface area contributed by atoms with Gasteiger partial charge in [0.1, 0.15) is 11.8 Å². The third kappa shape index (κ3) is 2.74. The number of nitrogens with zero attached hydrogens (tertiary/aromatic N) is 6. The van der Waals surface area contributed by atoms with Gasteiger partial charge in [0.2, 0.25) is 0 Å². The zero-order chi connectivity index (χ0) is 16.4. The van der Waals surface area contributed by atoms with Crippen LogP contribution in [-0.2, 0) is 4.74 Å². The van der Waals surface area contributed by atoms with Crippen LogP contribution in [0, 0.1) is 0 Å². The number of hydrogen-bond donors (Lipinski definition) is 2. The van der Waals surface area contributed by atoms with Crippen molar-refractivity contribution in [3.8, 4) is 0 Å². The summed E-state index contributed by atoms with van der Waals surface area (Å²) in [5.41, 5.74) is 1.25. The molecule has 0 saturated carbocycles. The van der Waals surface area contributed by atoms with E-state index in [0.29, 0.717) is 30.2 Å². The van der Waals surface area contributed by atoms with Crippen LogP contribution >= 0.6 is 0 Å². The minimum Gasteiger partial charge on any atom is -0.378 e. The lowest BCUT2D eigenvalue weighted by atomic mass is 10.3. The highest BCUT2D eigenvalue weighted by atomic mass is 16.5. The van der Waals surface area contributed by atoms with Crippen LogP contribution in [0.25, 0.3) is 11.2 Å². The summed E-state index contributed by atoms with van der Waals surface area (Å²) in [6.45, 7) is 2.85. The first-order valence-corrected chi connectivity index (χ1v) is 7.43. The molecule has 1 saturated heterocycles. The van der Waals surface area contributed by atoms with Crippen LogP contribution in [0.15, 0.2) is 24.8 Å². The first kappa shape index (κ1) is 14.5. The van der Waals surface area contributed by atoms with Crippen LogP contribution in [-0.4, -0.2) is 62.3 Å². The lowest BCUT2D eigenvalue weighted by Crippen LogP contribution is -2.37. The number of rotatable bonds is 3. The van der Waals surface area contributed by atoms with E-state index in [9.17, 15) is 4.79 Å². The van der Waals surface area contributed by atoms with Crippen molar-refractivity contribution in [2.24, 2.45) is 0 Å². The van der Waals surface area contributed by atoms with Crippen LogP contribution < -0.4 is 10.2 Å². The Balaban J connectivity index is 1.51. The van der Waals surface area contributed by atoms with E-state index in [4.69, 9.17) is 4.74 Å². The summed E-state index contributed by atoms with van der Waals surface area (Å²) in [6.07, 6.45) is 2.83. The summed E-state index contributed by atoms with van der Waals surface area (Å²) >= 11 is 0. The number of amides is 1. The molecule has 4 rings (SSSR count). The summed E-state index contributed by atoms with van der Waals surface area (Å²) in [4.78, 5) is 29.4. The molecule has 3 aromatic heterocycles. The molecule has 1 aliphatic rings. The van der Waals surface area contributed by atoms with Crippen molar-refractivity contribution in [1.82, 2.24) is 30.1 Å². The van der Waals surface area contributed by atoms with Crippen molar-refractivity contribution in [2.45, 2.75) is 0 Å². The van der Waals surface area contributed by atoms with Crippen LogP contribution in [0.5, 0.6) is 0 Å². The second-order valence-electron chi connectivity index (χ2n) is 5.15. The molecule has 0 aromatic carbocycles. The number of H-pyrrole nitrogens is 1. The predicted octanol–water partition coefficient (Wildman–Crippen LogP) is 0.232. The van der Waals surface area contributed by atoms with E-state index in [1.54, 1.807) is 12.1 Å². The summed E-state index contributed by atoms with van der Waals surface area (Å²) in [5.74, 6) is 0.681. The number of fused-ring (bicyclic) bond motifs is 1. The number of nitrogens with one attached hydrogen (secondary N) is 2. The summed E-state index contributed by atoms with van der Waals surface area (Å²) < 4.78 is 5.30. The lowest BCUT2D eigenvalue weighted by Gasteiger charge is -2.27. The maximum atomic E-state index is 12.3. The molecule has 0 bridgehead atoms. The number of hydrogen-bond acceptors (Lipinski definition) is 8. The Labute approximate surface area is 136 Å². The Morgan fingerprint density at radius 1 is 1.17 bits per heavy atom. The van der Waals surface area contributed by atoms with Crippen molar-refractivity contribution in [2.75, 3.05) is 36.5 Å². The molecule has 1 amide bonds. The Morgan fingerprint density at radius 3 is 2.83 bits per heavy atom. The molecule has 4 heterocycles. The van der Waals surface area contributed by atoms with Gasteiger partial charge in [-0.1, -0.05) is 0 Å². The lowest BCUT2D eigenvalue weighted by molar-refractivity contribution is 0.102. The molecular weight excluding hydrogens is 312 g/mol.